The molecular formula is C22H29FN2O5S. The third kappa shape index (κ3) is 6.41. The molecule has 0 amide bonds. The predicted molar refractivity (Wildman–Crippen MR) is 118 cm³/mol. The van der Waals surface area contributed by atoms with E-state index >= 15 is 0 Å². The molecule has 0 saturated carbocycles. The van der Waals surface area contributed by atoms with E-state index in [4.69, 9.17) is 0 Å². The molecule has 2 aromatic carbocycles. The molecule has 0 saturated heterocycles. The molecule has 2 rings (SSSR count). The minimum Gasteiger partial charge on any atom is -0.394 e. The first-order valence-corrected chi connectivity index (χ1v) is 11.4. The van der Waals surface area contributed by atoms with E-state index in [1.54, 1.807) is 0 Å². The number of nitrogens with zero attached hydrogens (tertiary/aromatic N) is 1. The first kappa shape index (κ1) is 24.6. The average Bonchev–Trinajstić information content (AvgIpc) is 2.72. The maximum atomic E-state index is 13.4. The summed E-state index contributed by atoms with van der Waals surface area (Å²) >= 11 is 0. The van der Waals surface area contributed by atoms with Crippen molar-refractivity contribution in [2.45, 2.75) is 45.1 Å². The Morgan fingerprint density at radius 1 is 1.16 bits per heavy atom. The van der Waals surface area contributed by atoms with Gasteiger partial charge in [0, 0.05) is 16.8 Å². The van der Waals surface area contributed by atoms with Crippen molar-refractivity contribution in [3.05, 3.63) is 53.6 Å². The summed E-state index contributed by atoms with van der Waals surface area (Å²) in [6.07, 6.45) is -0.373. The molecule has 1 atom stereocenters. The number of nitrogens with one attached hydrogen (secondary N) is 1. The second-order valence-electron chi connectivity index (χ2n) is 7.92. The fraction of sp³-hybridized carbons (Fsp3) is 0.409. The molecule has 0 unspecified atom stereocenters. The van der Waals surface area contributed by atoms with Gasteiger partial charge in [0.2, 0.25) is 0 Å². The van der Waals surface area contributed by atoms with E-state index in [0.29, 0.717) is 17.9 Å². The Kier molecular flexibility index (Phi) is 8.41. The maximum absolute atomic E-state index is 13.4. The molecule has 0 heterocycles. The van der Waals surface area contributed by atoms with Gasteiger partial charge in [-0.2, -0.15) is 0 Å². The summed E-state index contributed by atoms with van der Waals surface area (Å²) in [7, 11) is -3.83. The van der Waals surface area contributed by atoms with Crippen molar-refractivity contribution in [1.29, 1.82) is 0 Å². The number of sulfonamides is 1. The summed E-state index contributed by atoms with van der Waals surface area (Å²) in [5, 5.41) is 12.2. The Hall–Kier alpha value is -2.65. The van der Waals surface area contributed by atoms with Gasteiger partial charge in [-0.25, -0.2) is 13.2 Å². The molecule has 9 heteroatoms. The lowest BCUT2D eigenvalue weighted by Crippen LogP contribution is -2.34. The number of hydrogen-bond donors (Lipinski definition) is 2. The Labute approximate surface area is 182 Å². The van der Waals surface area contributed by atoms with Gasteiger partial charge in [-0.3, -0.25) is 9.25 Å². The van der Waals surface area contributed by atoms with E-state index in [9.17, 15) is 22.8 Å². The minimum absolute atomic E-state index is 0.108. The number of benzene rings is 2. The van der Waals surface area contributed by atoms with E-state index in [2.05, 4.69) is 10.3 Å². The molecule has 0 aliphatic carbocycles. The summed E-state index contributed by atoms with van der Waals surface area (Å²) in [4.78, 5) is 14.3. The average molecular weight is 453 g/mol. The zero-order chi connectivity index (χ0) is 23.2. The molecule has 170 valence electrons. The van der Waals surface area contributed by atoms with Gasteiger partial charge in [0.05, 0.1) is 29.7 Å². The first-order chi connectivity index (χ1) is 14.6. The maximum Gasteiger partial charge on any atom is 0.350 e. The Balaban J connectivity index is 2.32. The van der Waals surface area contributed by atoms with Crippen LogP contribution in [0, 0.1) is 19.8 Å². The Morgan fingerprint density at radius 3 is 2.32 bits per heavy atom. The highest BCUT2D eigenvalue weighted by Gasteiger charge is 2.27. The van der Waals surface area contributed by atoms with Crippen molar-refractivity contribution in [2.75, 3.05) is 22.8 Å². The summed E-state index contributed by atoms with van der Waals surface area (Å²) in [6, 6.07) is 10.9. The topological polar surface area (TPSA) is 95.9 Å². The highest BCUT2D eigenvalue weighted by atomic mass is 32.2. The number of carbonyl (C=O) groups is 1. The van der Waals surface area contributed by atoms with Gasteiger partial charge < -0.3 is 10.4 Å². The van der Waals surface area contributed by atoms with Gasteiger partial charge >= 0.3 is 5.97 Å². The van der Waals surface area contributed by atoms with Gasteiger partial charge in [-0.05, 0) is 55.7 Å². The summed E-state index contributed by atoms with van der Waals surface area (Å²) in [5.74, 6) is -1.000. The van der Waals surface area contributed by atoms with Gasteiger partial charge in [0.15, 0.2) is 0 Å². The van der Waals surface area contributed by atoms with Gasteiger partial charge in [-0.15, -0.1) is 0 Å². The number of anilines is 2. The van der Waals surface area contributed by atoms with Crippen molar-refractivity contribution < 1.29 is 27.8 Å². The number of rotatable bonds is 10. The van der Waals surface area contributed by atoms with Gasteiger partial charge in [0.25, 0.3) is 10.0 Å². The fourth-order valence-electron chi connectivity index (χ4n) is 3.22. The molecule has 0 bridgehead atoms. The van der Waals surface area contributed by atoms with Crippen molar-refractivity contribution in [1.82, 2.24) is 0 Å². The van der Waals surface area contributed by atoms with Crippen LogP contribution in [0.2, 0.25) is 0 Å². The molecule has 31 heavy (non-hydrogen) atoms. The van der Waals surface area contributed by atoms with Gasteiger partial charge in [0.1, 0.15) is 0 Å². The van der Waals surface area contributed by atoms with Crippen LogP contribution in [0.3, 0.4) is 0 Å². The lowest BCUT2D eigenvalue weighted by atomic mass is 10.1. The van der Waals surface area contributed by atoms with E-state index < -0.39 is 28.6 Å². The lowest BCUT2D eigenvalue weighted by molar-refractivity contribution is -0.184. The lowest BCUT2D eigenvalue weighted by Gasteiger charge is -2.28. The monoisotopic (exact) mass is 452 g/mol. The van der Waals surface area contributed by atoms with E-state index in [-0.39, 0.29) is 17.2 Å². The van der Waals surface area contributed by atoms with E-state index in [0.717, 1.165) is 11.1 Å². The summed E-state index contributed by atoms with van der Waals surface area (Å²) in [6.45, 7) is 7.65. The van der Waals surface area contributed by atoms with Crippen LogP contribution in [0.25, 0.3) is 0 Å². The van der Waals surface area contributed by atoms with Gasteiger partial charge in [-0.1, -0.05) is 31.5 Å². The number of aliphatic hydroxyl groups excluding tert-OH is 1. The highest BCUT2D eigenvalue weighted by molar-refractivity contribution is 7.92. The van der Waals surface area contributed by atoms with Crippen LogP contribution in [0.5, 0.6) is 0 Å². The standard InChI is InChI=1S/C22H29FN2O5S/c1-15(2)13-25(21-10-5-16(3)11-17(21)4)31(28,29)20-8-6-18(7-9-20)24-19(14-26)12-22(27)30-23/h5-11,15,19,24,26H,12-14H2,1-4H3/t19-/m0/s1. The molecule has 2 aromatic rings. The molecule has 0 aliphatic rings. The van der Waals surface area contributed by atoms with Crippen LogP contribution < -0.4 is 9.62 Å². The summed E-state index contributed by atoms with van der Waals surface area (Å²) < 4.78 is 40.2. The molecule has 0 radical (unpaired) electrons. The molecule has 0 spiro atoms. The van der Waals surface area contributed by atoms with Crippen molar-refractivity contribution in [3.8, 4) is 0 Å². The molecule has 7 nitrogen and oxygen atoms in total. The largest absolute Gasteiger partial charge is 0.394 e. The normalized spacial score (nSPS) is 12.5. The second-order valence-corrected chi connectivity index (χ2v) is 9.78. The number of carbonyl (C=O) groups excluding carboxylic acids is 1. The number of aryl methyl sites for hydroxylation is 2. The van der Waals surface area contributed by atoms with Crippen LogP contribution >= 0.6 is 0 Å². The number of hydrogen-bond acceptors (Lipinski definition) is 6. The van der Waals surface area contributed by atoms with Crippen molar-refractivity contribution >= 4 is 27.4 Å². The Bertz CT molecular complexity index is 993. The number of halogens is 1. The SMILES string of the molecule is Cc1ccc(N(CC(C)C)S(=O)(=O)c2ccc(N[C@H](CO)CC(=O)OF)cc2)c(C)c1. The zero-order valence-corrected chi connectivity index (χ0v) is 18.9. The summed E-state index contributed by atoms with van der Waals surface area (Å²) in [5.41, 5.74) is 3.03. The number of aliphatic hydroxyl groups is 1. The van der Waals surface area contributed by atoms with E-state index in [1.807, 2.05) is 45.9 Å². The molecule has 0 fully saturated rings. The third-order valence-electron chi connectivity index (χ3n) is 4.68. The van der Waals surface area contributed by atoms with Crippen LogP contribution in [0.4, 0.5) is 15.9 Å². The third-order valence-corrected chi connectivity index (χ3v) is 6.48. The van der Waals surface area contributed by atoms with E-state index in [1.165, 1.54) is 28.6 Å². The minimum atomic E-state index is -3.83. The molecule has 2 N–H and O–H groups in total. The Morgan fingerprint density at radius 2 is 1.81 bits per heavy atom. The van der Waals surface area contributed by atoms with Crippen LogP contribution in [0.1, 0.15) is 31.4 Å². The molecule has 0 aliphatic heterocycles. The van der Waals surface area contributed by atoms with Crippen LogP contribution in [0.15, 0.2) is 47.4 Å². The van der Waals surface area contributed by atoms with Crippen LogP contribution in [-0.2, 0) is 19.8 Å². The van der Waals surface area contributed by atoms with Crippen molar-refractivity contribution in [3.63, 3.8) is 0 Å². The molecular weight excluding hydrogens is 423 g/mol. The first-order valence-electron chi connectivity index (χ1n) is 9.97. The zero-order valence-electron chi connectivity index (χ0n) is 18.1. The fourth-order valence-corrected chi connectivity index (χ4v) is 4.92. The van der Waals surface area contributed by atoms with Crippen molar-refractivity contribution in [2.24, 2.45) is 5.92 Å². The second kappa shape index (κ2) is 10.6. The predicted octanol–water partition coefficient (Wildman–Crippen LogP) is 3.75. The van der Waals surface area contributed by atoms with Crippen LogP contribution in [-0.4, -0.2) is 38.7 Å². The highest BCUT2D eigenvalue weighted by Crippen LogP contribution is 2.29. The quantitative estimate of drug-likeness (QED) is 0.570. The smallest absolute Gasteiger partial charge is 0.350 e. The molecule has 0 aromatic heterocycles.